The molecule has 1 aromatic rings. The van der Waals surface area contributed by atoms with E-state index in [1.165, 1.54) is 0 Å². The van der Waals surface area contributed by atoms with E-state index in [0.29, 0.717) is 19.3 Å². The first-order valence-corrected chi connectivity index (χ1v) is 12.3. The van der Waals surface area contributed by atoms with Crippen LogP contribution in [0.25, 0.3) is 0 Å². The number of carbonyl (C=O) groups excluding carboxylic acids is 3. The summed E-state index contributed by atoms with van der Waals surface area (Å²) < 4.78 is 5.65. The normalized spacial score (nSPS) is 13.7. The van der Waals surface area contributed by atoms with Gasteiger partial charge in [-0.2, -0.15) is 0 Å². The highest BCUT2D eigenvalue weighted by Gasteiger charge is 2.29. The SMILES string of the molecule is C=CCCC[C@H](Cc1ccccc1)C(=O)OCC(C)(C)NC(=O)[C@@H](CC=C)CC(=O)N[C@H](C)CO. The molecule has 7 nitrogen and oxygen atoms in total. The van der Waals surface area contributed by atoms with Crippen LogP contribution >= 0.6 is 0 Å². The number of amides is 2. The van der Waals surface area contributed by atoms with Gasteiger partial charge in [-0.1, -0.05) is 42.5 Å². The fourth-order valence-corrected chi connectivity index (χ4v) is 3.64. The maximum Gasteiger partial charge on any atom is 0.309 e. The molecular weight excluding hydrogens is 444 g/mol. The van der Waals surface area contributed by atoms with Gasteiger partial charge < -0.3 is 20.5 Å². The molecule has 0 aromatic heterocycles. The number of benzene rings is 1. The summed E-state index contributed by atoms with van der Waals surface area (Å²) in [7, 11) is 0. The molecule has 0 aliphatic heterocycles. The average molecular weight is 487 g/mol. The number of ether oxygens (including phenoxy) is 1. The van der Waals surface area contributed by atoms with Crippen molar-refractivity contribution in [3.05, 3.63) is 61.2 Å². The molecule has 0 fully saturated rings. The summed E-state index contributed by atoms with van der Waals surface area (Å²) in [5.41, 5.74) is 0.251. The Bertz CT molecular complexity index is 822. The minimum Gasteiger partial charge on any atom is -0.463 e. The Morgan fingerprint density at radius 3 is 2.40 bits per heavy atom. The molecule has 3 atom stereocenters. The van der Waals surface area contributed by atoms with E-state index in [2.05, 4.69) is 23.8 Å². The molecule has 1 rings (SSSR count). The lowest BCUT2D eigenvalue weighted by Crippen LogP contribution is -2.50. The van der Waals surface area contributed by atoms with E-state index in [4.69, 9.17) is 9.84 Å². The standard InChI is InChI=1S/C28H42N2O5/c1-6-8-10-16-24(17-22-14-11-9-12-15-22)27(34)35-20-28(4,5)30-26(33)23(13-7-2)18-25(32)29-21(3)19-31/h6-7,9,11-12,14-15,21,23-24,31H,1-2,8,10,13,16-20H2,3-5H3,(H,29,32)(H,30,33)/t21-,23+,24-/m1/s1. The lowest BCUT2D eigenvalue weighted by molar-refractivity contribution is -0.151. The largest absolute Gasteiger partial charge is 0.463 e. The van der Waals surface area contributed by atoms with Crippen molar-refractivity contribution < 1.29 is 24.2 Å². The predicted molar refractivity (Wildman–Crippen MR) is 138 cm³/mol. The van der Waals surface area contributed by atoms with Gasteiger partial charge in [-0.05, 0) is 58.4 Å². The second-order valence-electron chi connectivity index (χ2n) is 9.66. The van der Waals surface area contributed by atoms with Gasteiger partial charge in [0.1, 0.15) is 6.61 Å². The Morgan fingerprint density at radius 1 is 1.11 bits per heavy atom. The molecule has 0 saturated carbocycles. The zero-order chi connectivity index (χ0) is 26.3. The van der Waals surface area contributed by atoms with Crippen LogP contribution < -0.4 is 10.6 Å². The van der Waals surface area contributed by atoms with Gasteiger partial charge >= 0.3 is 5.97 Å². The maximum absolute atomic E-state index is 12.9. The number of carbonyl (C=O) groups is 3. The van der Waals surface area contributed by atoms with E-state index in [1.807, 2.05) is 36.4 Å². The Morgan fingerprint density at radius 2 is 1.80 bits per heavy atom. The molecule has 0 unspecified atom stereocenters. The number of aliphatic hydroxyl groups excluding tert-OH is 1. The highest BCUT2D eigenvalue weighted by atomic mass is 16.5. The summed E-state index contributed by atoms with van der Waals surface area (Å²) in [6.07, 6.45) is 6.69. The smallest absolute Gasteiger partial charge is 0.309 e. The minimum absolute atomic E-state index is 0.0128. The minimum atomic E-state index is -0.820. The van der Waals surface area contributed by atoms with Gasteiger partial charge in [-0.3, -0.25) is 14.4 Å². The molecule has 0 heterocycles. The van der Waals surface area contributed by atoms with E-state index < -0.39 is 11.5 Å². The lowest BCUT2D eigenvalue weighted by Gasteiger charge is -2.29. The summed E-state index contributed by atoms with van der Waals surface area (Å²) in [5, 5.41) is 14.7. The first-order valence-electron chi connectivity index (χ1n) is 12.3. The lowest BCUT2D eigenvalue weighted by atomic mass is 9.94. The van der Waals surface area contributed by atoms with Crippen molar-refractivity contribution in [2.24, 2.45) is 11.8 Å². The van der Waals surface area contributed by atoms with E-state index >= 15 is 0 Å². The summed E-state index contributed by atoms with van der Waals surface area (Å²) in [4.78, 5) is 38.0. The molecule has 1 aromatic carbocycles. The zero-order valence-corrected chi connectivity index (χ0v) is 21.4. The number of hydrogen-bond acceptors (Lipinski definition) is 5. The summed E-state index contributed by atoms with van der Waals surface area (Å²) in [6, 6.07) is 9.44. The molecule has 2 amide bonds. The first kappa shape index (κ1) is 30.1. The van der Waals surface area contributed by atoms with Gasteiger partial charge in [0.2, 0.25) is 11.8 Å². The van der Waals surface area contributed by atoms with Crippen molar-refractivity contribution >= 4 is 17.8 Å². The number of nitrogens with one attached hydrogen (secondary N) is 2. The highest BCUT2D eigenvalue weighted by Crippen LogP contribution is 2.19. The Labute approximate surface area is 210 Å². The highest BCUT2D eigenvalue weighted by molar-refractivity contribution is 5.86. The van der Waals surface area contributed by atoms with Crippen LogP contribution in [-0.2, 0) is 25.5 Å². The van der Waals surface area contributed by atoms with Gasteiger partial charge in [0.05, 0.1) is 24.0 Å². The van der Waals surface area contributed by atoms with Gasteiger partial charge in [0.15, 0.2) is 0 Å². The van der Waals surface area contributed by atoms with Crippen molar-refractivity contribution in [3.63, 3.8) is 0 Å². The van der Waals surface area contributed by atoms with Crippen LogP contribution in [0, 0.1) is 11.8 Å². The number of esters is 1. The van der Waals surface area contributed by atoms with Crippen LogP contribution in [0.5, 0.6) is 0 Å². The third-order valence-corrected chi connectivity index (χ3v) is 5.59. The molecule has 35 heavy (non-hydrogen) atoms. The van der Waals surface area contributed by atoms with E-state index in [-0.39, 0.29) is 49.4 Å². The molecule has 0 aliphatic rings. The van der Waals surface area contributed by atoms with Crippen LogP contribution in [0.1, 0.15) is 58.4 Å². The van der Waals surface area contributed by atoms with Crippen LogP contribution in [0.4, 0.5) is 0 Å². The molecule has 0 aliphatic carbocycles. The van der Waals surface area contributed by atoms with E-state index in [9.17, 15) is 14.4 Å². The fraction of sp³-hybridized carbons (Fsp3) is 0.536. The molecule has 194 valence electrons. The fourth-order valence-electron chi connectivity index (χ4n) is 3.64. The van der Waals surface area contributed by atoms with Crippen LogP contribution in [0.3, 0.4) is 0 Å². The average Bonchev–Trinajstić information content (AvgIpc) is 2.82. The monoisotopic (exact) mass is 486 g/mol. The molecule has 0 saturated heterocycles. The second-order valence-corrected chi connectivity index (χ2v) is 9.66. The molecule has 0 spiro atoms. The molecule has 0 bridgehead atoms. The number of aliphatic hydroxyl groups is 1. The Hall–Kier alpha value is -2.93. The summed E-state index contributed by atoms with van der Waals surface area (Å²) in [6.45, 7) is 12.5. The number of unbranched alkanes of at least 4 members (excludes halogenated alkanes) is 1. The van der Waals surface area contributed by atoms with Crippen LogP contribution in [0.15, 0.2) is 55.6 Å². The van der Waals surface area contributed by atoms with Gasteiger partial charge in [-0.15, -0.1) is 13.2 Å². The molecule has 3 N–H and O–H groups in total. The predicted octanol–water partition coefficient (Wildman–Crippen LogP) is 3.72. The van der Waals surface area contributed by atoms with Crippen LogP contribution in [0.2, 0.25) is 0 Å². The maximum atomic E-state index is 12.9. The van der Waals surface area contributed by atoms with Crippen molar-refractivity contribution in [2.45, 2.75) is 70.9 Å². The third kappa shape index (κ3) is 12.4. The van der Waals surface area contributed by atoms with Crippen molar-refractivity contribution in [1.29, 1.82) is 0 Å². The zero-order valence-electron chi connectivity index (χ0n) is 21.4. The third-order valence-electron chi connectivity index (χ3n) is 5.59. The van der Waals surface area contributed by atoms with E-state index in [1.54, 1.807) is 26.8 Å². The van der Waals surface area contributed by atoms with Gasteiger partial charge in [0.25, 0.3) is 0 Å². The second kappa shape index (κ2) is 15.9. The summed E-state index contributed by atoms with van der Waals surface area (Å²) >= 11 is 0. The first-order chi connectivity index (χ1) is 16.6. The number of rotatable bonds is 17. The molecule has 7 heteroatoms. The van der Waals surface area contributed by atoms with Crippen LogP contribution in [-0.4, -0.2) is 47.7 Å². The Balaban J connectivity index is 2.73. The molecular formula is C28H42N2O5. The molecule has 0 radical (unpaired) electrons. The topological polar surface area (TPSA) is 105 Å². The summed E-state index contributed by atoms with van der Waals surface area (Å²) in [5.74, 6) is -1.82. The van der Waals surface area contributed by atoms with Crippen molar-refractivity contribution in [3.8, 4) is 0 Å². The van der Waals surface area contributed by atoms with Gasteiger partial charge in [0, 0.05) is 12.5 Å². The number of hydrogen-bond donors (Lipinski definition) is 3. The van der Waals surface area contributed by atoms with Gasteiger partial charge in [-0.25, -0.2) is 0 Å². The van der Waals surface area contributed by atoms with Crippen molar-refractivity contribution in [1.82, 2.24) is 10.6 Å². The quantitative estimate of drug-likeness (QED) is 0.177. The number of allylic oxidation sites excluding steroid dienone is 2. The van der Waals surface area contributed by atoms with Crippen molar-refractivity contribution in [2.75, 3.05) is 13.2 Å². The van der Waals surface area contributed by atoms with E-state index in [0.717, 1.165) is 18.4 Å². The Kier molecular flexibility index (Phi) is 13.7.